The third kappa shape index (κ3) is 2.77. The number of amides is 1. The number of aromatic nitrogens is 2. The van der Waals surface area contributed by atoms with Crippen LogP contribution in [0.25, 0.3) is 11.5 Å². The van der Waals surface area contributed by atoms with Crippen molar-refractivity contribution < 1.29 is 9.32 Å². The van der Waals surface area contributed by atoms with Crippen molar-refractivity contribution in [1.29, 1.82) is 0 Å². The number of hydrogen-bond donors (Lipinski definition) is 1. The molecule has 0 radical (unpaired) electrons. The Kier molecular flexibility index (Phi) is 3.46. The van der Waals surface area contributed by atoms with E-state index in [2.05, 4.69) is 27.6 Å². The molecule has 6 heteroatoms. The zero-order chi connectivity index (χ0) is 15.8. The van der Waals surface area contributed by atoms with Crippen LogP contribution in [0.15, 0.2) is 40.2 Å². The summed E-state index contributed by atoms with van der Waals surface area (Å²) in [6.07, 6.45) is 1.72. The fourth-order valence-corrected chi connectivity index (χ4v) is 3.50. The molecule has 0 unspecified atom stereocenters. The van der Waals surface area contributed by atoms with Gasteiger partial charge in [-0.2, -0.15) is 0 Å². The molecular formula is C17H15N3O2S. The first-order chi connectivity index (χ1) is 11.2. The van der Waals surface area contributed by atoms with E-state index < -0.39 is 0 Å². The molecule has 3 aromatic rings. The van der Waals surface area contributed by atoms with Crippen LogP contribution in [-0.4, -0.2) is 22.1 Å². The van der Waals surface area contributed by atoms with Crippen molar-refractivity contribution >= 4 is 17.2 Å². The molecule has 1 aromatic carbocycles. The van der Waals surface area contributed by atoms with Crippen molar-refractivity contribution in [3.05, 3.63) is 57.5 Å². The van der Waals surface area contributed by atoms with E-state index in [1.54, 1.807) is 6.07 Å². The van der Waals surface area contributed by atoms with Gasteiger partial charge in [-0.05, 0) is 30.9 Å². The van der Waals surface area contributed by atoms with Crippen LogP contribution in [-0.2, 0) is 12.8 Å². The summed E-state index contributed by atoms with van der Waals surface area (Å²) in [5, 5.41) is 9.75. The van der Waals surface area contributed by atoms with E-state index in [1.165, 1.54) is 22.5 Å². The van der Waals surface area contributed by atoms with Crippen LogP contribution in [0.1, 0.15) is 26.6 Å². The molecule has 2 aromatic heterocycles. The average molecular weight is 325 g/mol. The van der Waals surface area contributed by atoms with Crippen molar-refractivity contribution in [3.8, 4) is 11.5 Å². The van der Waals surface area contributed by atoms with Gasteiger partial charge in [0.25, 0.3) is 5.91 Å². The summed E-state index contributed by atoms with van der Waals surface area (Å²) >= 11 is 1.54. The lowest BCUT2D eigenvalue weighted by molar-refractivity contribution is 0.0929. The topological polar surface area (TPSA) is 68.0 Å². The lowest BCUT2D eigenvalue weighted by Gasteiger charge is -2.09. The van der Waals surface area contributed by atoms with E-state index in [0.29, 0.717) is 17.1 Å². The van der Waals surface area contributed by atoms with Crippen LogP contribution in [0.2, 0.25) is 0 Å². The number of carbonyl (C=O) groups is 1. The van der Waals surface area contributed by atoms with E-state index in [1.807, 2.05) is 24.4 Å². The molecule has 0 saturated carbocycles. The third-order valence-corrected chi connectivity index (χ3v) is 4.77. The maximum absolute atomic E-state index is 12.4. The molecular weight excluding hydrogens is 310 g/mol. The molecule has 0 saturated heterocycles. The Morgan fingerprint density at radius 1 is 1.30 bits per heavy atom. The summed E-state index contributed by atoms with van der Waals surface area (Å²) in [5.74, 6) is 0.318. The third-order valence-electron chi connectivity index (χ3n) is 4.00. The van der Waals surface area contributed by atoms with Crippen molar-refractivity contribution in [2.24, 2.45) is 0 Å². The fraction of sp³-hybridized carbons (Fsp3) is 0.235. The minimum atomic E-state index is -0.204. The maximum Gasteiger partial charge on any atom is 0.273 e. The van der Waals surface area contributed by atoms with Crippen LogP contribution < -0.4 is 5.32 Å². The molecule has 0 spiro atoms. The molecule has 1 aliphatic carbocycles. The summed E-state index contributed by atoms with van der Waals surface area (Å²) in [4.78, 5) is 16.7. The van der Waals surface area contributed by atoms with E-state index in [9.17, 15) is 4.79 Å². The average Bonchev–Trinajstić information content (AvgIpc) is 3.24. The van der Waals surface area contributed by atoms with Gasteiger partial charge in [-0.1, -0.05) is 29.4 Å². The number of nitrogens with zero attached hydrogens (tertiary/aromatic N) is 2. The number of hydrogen-bond acceptors (Lipinski definition) is 5. The molecule has 116 valence electrons. The van der Waals surface area contributed by atoms with Crippen molar-refractivity contribution in [2.45, 2.75) is 25.8 Å². The second-order valence-electron chi connectivity index (χ2n) is 5.68. The van der Waals surface area contributed by atoms with Gasteiger partial charge in [0.2, 0.25) is 0 Å². The van der Waals surface area contributed by atoms with E-state index in [0.717, 1.165) is 17.8 Å². The Bertz CT molecular complexity index is 843. The predicted octanol–water partition coefficient (Wildman–Crippen LogP) is 3.00. The van der Waals surface area contributed by atoms with Gasteiger partial charge in [0.05, 0.1) is 5.01 Å². The molecule has 0 bridgehead atoms. The van der Waals surface area contributed by atoms with Crippen molar-refractivity contribution in [1.82, 2.24) is 15.5 Å². The fourth-order valence-electron chi connectivity index (χ4n) is 2.90. The quantitative estimate of drug-likeness (QED) is 0.804. The summed E-state index contributed by atoms with van der Waals surface area (Å²) in [7, 11) is 0. The minimum Gasteiger partial charge on any atom is -0.354 e. The van der Waals surface area contributed by atoms with Crippen LogP contribution in [0.5, 0.6) is 0 Å². The van der Waals surface area contributed by atoms with Gasteiger partial charge in [0.1, 0.15) is 5.69 Å². The first-order valence-electron chi connectivity index (χ1n) is 7.46. The molecule has 1 aliphatic rings. The Balaban J connectivity index is 1.45. The molecule has 0 fully saturated rings. The number of rotatable bonds is 3. The highest BCUT2D eigenvalue weighted by molar-refractivity contribution is 7.09. The number of fused-ring (bicyclic) bond motifs is 1. The lowest BCUT2D eigenvalue weighted by Crippen LogP contribution is -2.35. The van der Waals surface area contributed by atoms with E-state index >= 15 is 0 Å². The zero-order valence-electron chi connectivity index (χ0n) is 12.6. The number of thiazole rings is 1. The first-order valence-corrected chi connectivity index (χ1v) is 8.34. The Morgan fingerprint density at radius 2 is 2.04 bits per heavy atom. The SMILES string of the molecule is Cc1nc(-c2cc(C(=O)NC3Cc4ccccc4C3)no2)cs1. The molecule has 1 N–H and O–H groups in total. The van der Waals surface area contributed by atoms with Gasteiger partial charge >= 0.3 is 0 Å². The van der Waals surface area contributed by atoms with E-state index in [-0.39, 0.29) is 11.9 Å². The molecule has 23 heavy (non-hydrogen) atoms. The molecule has 1 amide bonds. The van der Waals surface area contributed by atoms with Crippen LogP contribution >= 0.6 is 11.3 Å². The van der Waals surface area contributed by atoms with E-state index in [4.69, 9.17) is 4.52 Å². The van der Waals surface area contributed by atoms with Gasteiger partial charge in [-0.25, -0.2) is 4.98 Å². The summed E-state index contributed by atoms with van der Waals surface area (Å²) in [6, 6.07) is 10.0. The Hall–Kier alpha value is -2.47. The Morgan fingerprint density at radius 3 is 2.70 bits per heavy atom. The van der Waals surface area contributed by atoms with Crippen LogP contribution in [0, 0.1) is 6.92 Å². The molecule has 0 atom stereocenters. The summed E-state index contributed by atoms with van der Waals surface area (Å²) < 4.78 is 5.24. The smallest absolute Gasteiger partial charge is 0.273 e. The standard InChI is InChI=1S/C17H15N3O2S/c1-10-18-15(9-23-10)16-8-14(20-22-16)17(21)19-13-6-11-4-2-3-5-12(11)7-13/h2-5,8-9,13H,6-7H2,1H3,(H,19,21). The second-order valence-corrected chi connectivity index (χ2v) is 6.74. The monoisotopic (exact) mass is 325 g/mol. The number of benzene rings is 1. The molecule has 0 aliphatic heterocycles. The highest BCUT2D eigenvalue weighted by atomic mass is 32.1. The van der Waals surface area contributed by atoms with Gasteiger partial charge in [-0.3, -0.25) is 4.79 Å². The number of nitrogens with one attached hydrogen (secondary N) is 1. The Labute approximate surface area is 137 Å². The van der Waals surface area contributed by atoms with Crippen LogP contribution in [0.3, 0.4) is 0 Å². The number of aryl methyl sites for hydroxylation is 1. The van der Waals surface area contributed by atoms with Crippen molar-refractivity contribution in [3.63, 3.8) is 0 Å². The molecule has 4 rings (SSSR count). The second kappa shape index (κ2) is 5.62. The van der Waals surface area contributed by atoms with Gasteiger partial charge in [0.15, 0.2) is 11.5 Å². The summed E-state index contributed by atoms with van der Waals surface area (Å²) in [5.41, 5.74) is 3.61. The lowest BCUT2D eigenvalue weighted by atomic mass is 10.1. The minimum absolute atomic E-state index is 0.113. The highest BCUT2D eigenvalue weighted by Gasteiger charge is 2.24. The van der Waals surface area contributed by atoms with Gasteiger partial charge in [0, 0.05) is 17.5 Å². The summed E-state index contributed by atoms with van der Waals surface area (Å²) in [6.45, 7) is 1.93. The van der Waals surface area contributed by atoms with Crippen LogP contribution in [0.4, 0.5) is 0 Å². The van der Waals surface area contributed by atoms with Gasteiger partial charge < -0.3 is 9.84 Å². The molecule has 5 nitrogen and oxygen atoms in total. The van der Waals surface area contributed by atoms with Gasteiger partial charge in [-0.15, -0.1) is 11.3 Å². The first kappa shape index (κ1) is 14.1. The normalized spacial score (nSPS) is 14.0. The maximum atomic E-state index is 12.4. The largest absolute Gasteiger partial charge is 0.354 e. The highest BCUT2D eigenvalue weighted by Crippen LogP contribution is 2.24. The van der Waals surface area contributed by atoms with Crippen molar-refractivity contribution in [2.75, 3.05) is 0 Å². The number of carbonyl (C=O) groups excluding carboxylic acids is 1. The predicted molar refractivity (Wildman–Crippen MR) is 87.5 cm³/mol. The molecule has 2 heterocycles. The zero-order valence-corrected chi connectivity index (χ0v) is 13.4.